The second kappa shape index (κ2) is 3.46. The molecule has 2 heterocycles. The lowest BCUT2D eigenvalue weighted by Gasteiger charge is -2.32. The molecule has 2 heteroatoms. The van der Waals surface area contributed by atoms with Gasteiger partial charge in [-0.25, -0.2) is 0 Å². The zero-order valence-electron chi connectivity index (χ0n) is 10.4. The van der Waals surface area contributed by atoms with Gasteiger partial charge in [0.05, 0.1) is 0 Å². The summed E-state index contributed by atoms with van der Waals surface area (Å²) in [6.07, 6.45) is 6.56. The third-order valence-electron chi connectivity index (χ3n) is 3.72. The van der Waals surface area contributed by atoms with Gasteiger partial charge in [-0.2, -0.15) is 0 Å². The molecular weight excluding hydrogens is 210 g/mol. The SMILES string of the molecule is CC1(C)C=CC2=C(C1)c1cccc(=O)n1CC2. The number of rotatable bonds is 0. The Kier molecular flexibility index (Phi) is 2.15. The van der Waals surface area contributed by atoms with Crippen LogP contribution in [-0.4, -0.2) is 4.57 Å². The summed E-state index contributed by atoms with van der Waals surface area (Å²) in [5.74, 6) is 0. The second-order valence-corrected chi connectivity index (χ2v) is 5.65. The lowest BCUT2D eigenvalue weighted by atomic mass is 9.76. The topological polar surface area (TPSA) is 22.0 Å². The maximum Gasteiger partial charge on any atom is 0.250 e. The van der Waals surface area contributed by atoms with E-state index in [4.69, 9.17) is 0 Å². The first-order chi connectivity index (χ1) is 8.07. The van der Waals surface area contributed by atoms with Crippen LogP contribution in [0.25, 0.3) is 5.57 Å². The summed E-state index contributed by atoms with van der Waals surface area (Å²) < 4.78 is 1.91. The first-order valence-corrected chi connectivity index (χ1v) is 6.18. The summed E-state index contributed by atoms with van der Waals surface area (Å²) in [4.78, 5) is 11.8. The molecule has 0 atom stereocenters. The molecule has 1 aromatic heterocycles. The Morgan fingerprint density at radius 3 is 2.94 bits per heavy atom. The number of pyridine rings is 1. The van der Waals surface area contributed by atoms with Crippen LogP contribution in [0.15, 0.2) is 40.7 Å². The van der Waals surface area contributed by atoms with E-state index in [0.717, 1.165) is 25.1 Å². The molecule has 0 fully saturated rings. The predicted molar refractivity (Wildman–Crippen MR) is 69.8 cm³/mol. The zero-order chi connectivity index (χ0) is 12.0. The van der Waals surface area contributed by atoms with E-state index in [9.17, 15) is 4.79 Å². The third kappa shape index (κ3) is 1.68. The molecule has 0 saturated heterocycles. The van der Waals surface area contributed by atoms with E-state index in [2.05, 4.69) is 32.1 Å². The fraction of sp³-hybridized carbons (Fsp3) is 0.400. The molecule has 0 amide bonds. The number of aromatic nitrogens is 1. The van der Waals surface area contributed by atoms with Crippen molar-refractivity contribution in [2.24, 2.45) is 5.41 Å². The van der Waals surface area contributed by atoms with Crippen LogP contribution in [0.3, 0.4) is 0 Å². The molecule has 3 rings (SSSR count). The van der Waals surface area contributed by atoms with Gasteiger partial charge in [0.1, 0.15) is 0 Å². The van der Waals surface area contributed by atoms with Crippen LogP contribution in [0.5, 0.6) is 0 Å². The molecule has 1 aliphatic heterocycles. The van der Waals surface area contributed by atoms with E-state index < -0.39 is 0 Å². The van der Waals surface area contributed by atoms with E-state index in [1.54, 1.807) is 6.07 Å². The van der Waals surface area contributed by atoms with Gasteiger partial charge in [0.25, 0.3) is 5.56 Å². The Hall–Kier alpha value is -1.57. The first-order valence-electron chi connectivity index (χ1n) is 6.18. The average molecular weight is 227 g/mol. The Labute approximate surface area is 101 Å². The lowest BCUT2D eigenvalue weighted by molar-refractivity contribution is 0.480. The average Bonchev–Trinajstić information content (AvgIpc) is 2.28. The summed E-state index contributed by atoms with van der Waals surface area (Å²) in [5, 5.41) is 0. The number of allylic oxidation sites excluding steroid dienone is 4. The van der Waals surface area contributed by atoms with Crippen LogP contribution in [0.4, 0.5) is 0 Å². The molecule has 0 aromatic carbocycles. The fourth-order valence-electron chi connectivity index (χ4n) is 2.79. The predicted octanol–water partition coefficient (Wildman–Crippen LogP) is 2.99. The Balaban J connectivity index is 2.19. The Bertz CT molecular complexity index is 587. The van der Waals surface area contributed by atoms with Gasteiger partial charge in [0.2, 0.25) is 0 Å². The minimum Gasteiger partial charge on any atom is -0.308 e. The molecule has 2 aliphatic rings. The van der Waals surface area contributed by atoms with Crippen molar-refractivity contribution in [3.05, 3.63) is 52.0 Å². The second-order valence-electron chi connectivity index (χ2n) is 5.65. The molecule has 88 valence electrons. The van der Waals surface area contributed by atoms with Gasteiger partial charge in [0, 0.05) is 18.3 Å². The van der Waals surface area contributed by atoms with Crippen LogP contribution in [0.1, 0.15) is 32.4 Å². The fourth-order valence-corrected chi connectivity index (χ4v) is 2.79. The standard InChI is InChI=1S/C15H17NO/c1-15(2)8-6-11-7-9-16-13(12(11)10-15)4-3-5-14(16)17/h3-6,8H,7,9-10H2,1-2H3. The highest BCUT2D eigenvalue weighted by Gasteiger charge is 2.27. The van der Waals surface area contributed by atoms with Gasteiger partial charge in [-0.1, -0.05) is 32.1 Å². The van der Waals surface area contributed by atoms with Crippen molar-refractivity contribution in [2.75, 3.05) is 0 Å². The van der Waals surface area contributed by atoms with Gasteiger partial charge in [0.15, 0.2) is 0 Å². The molecule has 0 bridgehead atoms. The van der Waals surface area contributed by atoms with Crippen molar-refractivity contribution in [2.45, 2.75) is 33.2 Å². The number of hydrogen-bond donors (Lipinski definition) is 0. The minimum absolute atomic E-state index is 0.126. The number of nitrogens with zero attached hydrogens (tertiary/aromatic N) is 1. The van der Waals surface area contributed by atoms with Crippen LogP contribution in [-0.2, 0) is 6.54 Å². The summed E-state index contributed by atoms with van der Waals surface area (Å²) in [6.45, 7) is 5.30. The van der Waals surface area contributed by atoms with E-state index in [1.165, 1.54) is 11.1 Å². The van der Waals surface area contributed by atoms with Crippen molar-refractivity contribution >= 4 is 5.57 Å². The van der Waals surface area contributed by atoms with Gasteiger partial charge in [-0.05, 0) is 35.5 Å². The Morgan fingerprint density at radius 1 is 1.29 bits per heavy atom. The summed E-state index contributed by atoms with van der Waals surface area (Å²) in [7, 11) is 0. The quantitative estimate of drug-likeness (QED) is 0.668. The van der Waals surface area contributed by atoms with E-state index in [-0.39, 0.29) is 11.0 Å². The molecule has 1 aliphatic carbocycles. The van der Waals surface area contributed by atoms with Gasteiger partial charge < -0.3 is 4.57 Å². The van der Waals surface area contributed by atoms with E-state index in [1.807, 2.05) is 10.6 Å². The highest BCUT2D eigenvalue weighted by Crippen LogP contribution is 2.41. The monoisotopic (exact) mass is 227 g/mol. The molecule has 0 N–H and O–H groups in total. The third-order valence-corrected chi connectivity index (χ3v) is 3.72. The molecule has 2 nitrogen and oxygen atoms in total. The van der Waals surface area contributed by atoms with Crippen molar-refractivity contribution in [1.29, 1.82) is 0 Å². The normalized spacial score (nSPS) is 21.1. The van der Waals surface area contributed by atoms with Crippen LogP contribution < -0.4 is 5.56 Å². The maximum atomic E-state index is 11.8. The maximum absolute atomic E-state index is 11.8. The lowest BCUT2D eigenvalue weighted by Crippen LogP contribution is -2.27. The van der Waals surface area contributed by atoms with Gasteiger partial charge in [-0.3, -0.25) is 4.79 Å². The van der Waals surface area contributed by atoms with E-state index in [0.29, 0.717) is 0 Å². The molecule has 17 heavy (non-hydrogen) atoms. The summed E-state index contributed by atoms with van der Waals surface area (Å²) in [6, 6.07) is 5.60. The first kappa shape index (κ1) is 10.6. The molecule has 0 radical (unpaired) electrons. The van der Waals surface area contributed by atoms with Crippen molar-refractivity contribution < 1.29 is 0 Å². The van der Waals surface area contributed by atoms with Gasteiger partial charge >= 0.3 is 0 Å². The molecule has 0 spiro atoms. The number of fused-ring (bicyclic) bond motifs is 2. The van der Waals surface area contributed by atoms with Gasteiger partial charge in [-0.15, -0.1) is 0 Å². The summed E-state index contributed by atoms with van der Waals surface area (Å²) in [5.41, 5.74) is 4.22. The molecule has 0 saturated carbocycles. The van der Waals surface area contributed by atoms with Crippen molar-refractivity contribution in [1.82, 2.24) is 4.57 Å². The summed E-state index contributed by atoms with van der Waals surface area (Å²) >= 11 is 0. The van der Waals surface area contributed by atoms with Crippen molar-refractivity contribution in [3.63, 3.8) is 0 Å². The smallest absolute Gasteiger partial charge is 0.250 e. The number of hydrogen-bond acceptors (Lipinski definition) is 1. The van der Waals surface area contributed by atoms with Crippen molar-refractivity contribution in [3.8, 4) is 0 Å². The largest absolute Gasteiger partial charge is 0.308 e. The van der Waals surface area contributed by atoms with Crippen LogP contribution in [0.2, 0.25) is 0 Å². The molecule has 1 aromatic rings. The Morgan fingerprint density at radius 2 is 2.12 bits per heavy atom. The highest BCUT2D eigenvalue weighted by atomic mass is 16.1. The van der Waals surface area contributed by atoms with E-state index >= 15 is 0 Å². The molecule has 0 unspecified atom stereocenters. The van der Waals surface area contributed by atoms with Crippen LogP contribution >= 0.6 is 0 Å². The molecular formula is C15H17NO. The minimum atomic E-state index is 0.126. The zero-order valence-corrected chi connectivity index (χ0v) is 10.4. The van der Waals surface area contributed by atoms with Crippen LogP contribution in [0, 0.1) is 5.41 Å². The highest BCUT2D eigenvalue weighted by molar-refractivity contribution is 5.72.